The smallest absolute Gasteiger partial charge is 0.156 e. The Bertz CT molecular complexity index is 401. The molecule has 2 N–H and O–H groups in total. The molecule has 6 heteroatoms. The molecule has 2 rings (SSSR count). The van der Waals surface area contributed by atoms with Crippen molar-refractivity contribution in [2.24, 2.45) is 5.73 Å². The third kappa shape index (κ3) is 2.28. The van der Waals surface area contributed by atoms with E-state index in [0.29, 0.717) is 6.54 Å². The van der Waals surface area contributed by atoms with Gasteiger partial charge >= 0.3 is 0 Å². The summed E-state index contributed by atoms with van der Waals surface area (Å²) in [6.07, 6.45) is 3.30. The van der Waals surface area contributed by atoms with Gasteiger partial charge in [-0.3, -0.25) is 0 Å². The average molecular weight is 224 g/mol. The molecule has 2 aromatic heterocycles. The Morgan fingerprint density at radius 3 is 3.00 bits per heavy atom. The third-order valence-corrected chi connectivity index (χ3v) is 3.33. The van der Waals surface area contributed by atoms with Crippen molar-refractivity contribution in [3.63, 3.8) is 0 Å². The largest absolute Gasteiger partial charge is 0.325 e. The van der Waals surface area contributed by atoms with Gasteiger partial charge in [-0.15, -0.1) is 11.3 Å². The number of rotatable bonds is 3. The van der Waals surface area contributed by atoms with E-state index in [1.54, 1.807) is 17.5 Å². The first kappa shape index (κ1) is 9.57. The quantitative estimate of drug-likeness (QED) is 0.801. The molecule has 72 valence electrons. The van der Waals surface area contributed by atoms with Crippen molar-refractivity contribution >= 4 is 23.1 Å². The van der Waals surface area contributed by atoms with E-state index in [9.17, 15) is 0 Å². The van der Waals surface area contributed by atoms with E-state index in [0.717, 1.165) is 15.1 Å². The summed E-state index contributed by atoms with van der Waals surface area (Å²) in [6.45, 7) is 0.438. The summed E-state index contributed by atoms with van der Waals surface area (Å²) >= 11 is 3.12. The van der Waals surface area contributed by atoms with Gasteiger partial charge in [-0.05, 0) is 17.8 Å². The molecule has 0 saturated carbocycles. The van der Waals surface area contributed by atoms with Crippen LogP contribution in [0.5, 0.6) is 0 Å². The molecule has 2 heterocycles. The molecular weight excluding hydrogens is 216 g/mol. The Morgan fingerprint density at radius 1 is 1.36 bits per heavy atom. The molecule has 0 spiro atoms. The molecule has 4 nitrogen and oxygen atoms in total. The van der Waals surface area contributed by atoms with E-state index in [2.05, 4.69) is 15.0 Å². The molecule has 0 aliphatic rings. The van der Waals surface area contributed by atoms with Gasteiger partial charge in [-0.25, -0.2) is 15.0 Å². The maximum atomic E-state index is 5.48. The van der Waals surface area contributed by atoms with Gasteiger partial charge in [0, 0.05) is 18.1 Å². The second-order valence-electron chi connectivity index (χ2n) is 2.45. The lowest BCUT2D eigenvalue weighted by Gasteiger charge is -1.98. The van der Waals surface area contributed by atoms with Gasteiger partial charge in [0.25, 0.3) is 0 Å². The normalized spacial score (nSPS) is 10.4. The lowest BCUT2D eigenvalue weighted by atomic mass is 10.4. The Morgan fingerprint density at radius 2 is 2.29 bits per heavy atom. The Balaban J connectivity index is 2.17. The van der Waals surface area contributed by atoms with Crippen molar-refractivity contribution in [2.75, 3.05) is 0 Å². The fourth-order valence-electron chi connectivity index (χ4n) is 0.895. The molecule has 0 unspecified atom stereocenters. The summed E-state index contributed by atoms with van der Waals surface area (Å²) in [5.41, 5.74) is 6.33. The fourth-order valence-corrected chi connectivity index (χ4v) is 2.46. The van der Waals surface area contributed by atoms with Crippen LogP contribution in [-0.4, -0.2) is 15.0 Å². The molecule has 0 aromatic carbocycles. The molecule has 14 heavy (non-hydrogen) atoms. The molecule has 0 aliphatic heterocycles. The van der Waals surface area contributed by atoms with Crippen molar-refractivity contribution in [1.82, 2.24) is 15.0 Å². The molecule has 0 saturated heterocycles. The van der Waals surface area contributed by atoms with E-state index in [1.165, 1.54) is 18.1 Å². The highest BCUT2D eigenvalue weighted by atomic mass is 32.2. The zero-order chi connectivity index (χ0) is 9.80. The first-order valence-corrected chi connectivity index (χ1v) is 5.66. The second-order valence-corrected chi connectivity index (χ2v) is 4.61. The highest BCUT2D eigenvalue weighted by Gasteiger charge is 2.01. The summed E-state index contributed by atoms with van der Waals surface area (Å²) in [7, 11) is 0. The zero-order valence-electron chi connectivity index (χ0n) is 7.25. The van der Waals surface area contributed by atoms with E-state index in [4.69, 9.17) is 5.73 Å². The minimum absolute atomic E-state index is 0.438. The number of hydrogen-bond donors (Lipinski definition) is 1. The van der Waals surface area contributed by atoms with Gasteiger partial charge in [0.05, 0.1) is 5.69 Å². The van der Waals surface area contributed by atoms with Crippen molar-refractivity contribution < 1.29 is 0 Å². The van der Waals surface area contributed by atoms with Gasteiger partial charge in [0.15, 0.2) is 4.34 Å². The summed E-state index contributed by atoms with van der Waals surface area (Å²) in [5, 5.41) is 2.82. The summed E-state index contributed by atoms with van der Waals surface area (Å²) < 4.78 is 0.978. The van der Waals surface area contributed by atoms with Crippen molar-refractivity contribution in [3.05, 3.63) is 29.7 Å². The van der Waals surface area contributed by atoms with Crippen LogP contribution in [0.2, 0.25) is 0 Å². The first-order chi connectivity index (χ1) is 6.88. The van der Waals surface area contributed by atoms with Crippen LogP contribution in [-0.2, 0) is 6.54 Å². The molecule has 2 aromatic rings. The van der Waals surface area contributed by atoms with Gasteiger partial charge < -0.3 is 5.73 Å². The van der Waals surface area contributed by atoms with Crippen molar-refractivity contribution in [2.45, 2.75) is 15.9 Å². The Hall–Kier alpha value is -0.980. The van der Waals surface area contributed by atoms with Gasteiger partial charge in [-0.2, -0.15) is 0 Å². The number of thiazole rings is 1. The Kier molecular flexibility index (Phi) is 3.07. The zero-order valence-corrected chi connectivity index (χ0v) is 8.88. The predicted molar refractivity (Wildman–Crippen MR) is 56.2 cm³/mol. The van der Waals surface area contributed by atoms with Crippen LogP contribution < -0.4 is 5.73 Å². The topological polar surface area (TPSA) is 64.7 Å². The lowest BCUT2D eigenvalue weighted by Crippen LogP contribution is -1.99. The fraction of sp³-hybridized carbons (Fsp3) is 0.125. The Labute approximate surface area is 89.6 Å². The van der Waals surface area contributed by atoms with Crippen LogP contribution in [0.1, 0.15) is 5.69 Å². The molecule has 0 radical (unpaired) electrons. The van der Waals surface area contributed by atoms with Crippen LogP contribution >= 0.6 is 23.1 Å². The molecule has 0 amide bonds. The van der Waals surface area contributed by atoms with Gasteiger partial charge in [0.2, 0.25) is 0 Å². The maximum absolute atomic E-state index is 5.48. The highest BCUT2D eigenvalue weighted by molar-refractivity contribution is 8.00. The maximum Gasteiger partial charge on any atom is 0.156 e. The molecule has 0 fully saturated rings. The van der Waals surface area contributed by atoms with Crippen LogP contribution in [0.15, 0.2) is 33.3 Å². The predicted octanol–water partition coefficient (Wildman–Crippen LogP) is 1.54. The monoisotopic (exact) mass is 224 g/mol. The van der Waals surface area contributed by atoms with E-state index in [1.807, 2.05) is 11.4 Å². The molecule has 0 atom stereocenters. The van der Waals surface area contributed by atoms with E-state index in [-0.39, 0.29) is 0 Å². The van der Waals surface area contributed by atoms with Crippen LogP contribution in [0.25, 0.3) is 0 Å². The number of hydrogen-bond acceptors (Lipinski definition) is 6. The van der Waals surface area contributed by atoms with Gasteiger partial charge in [-0.1, -0.05) is 0 Å². The van der Waals surface area contributed by atoms with E-state index >= 15 is 0 Å². The average Bonchev–Trinajstić information content (AvgIpc) is 2.71. The van der Waals surface area contributed by atoms with Crippen LogP contribution in [0.3, 0.4) is 0 Å². The van der Waals surface area contributed by atoms with E-state index < -0.39 is 0 Å². The third-order valence-electron chi connectivity index (χ3n) is 1.51. The molecular formula is C8H8N4S2. The van der Waals surface area contributed by atoms with Crippen molar-refractivity contribution in [3.8, 4) is 0 Å². The van der Waals surface area contributed by atoms with Crippen LogP contribution in [0, 0.1) is 0 Å². The standard InChI is InChI=1S/C8H8N4S2/c9-4-6-3-7(12-5-11-6)14-8-10-1-2-13-8/h1-3,5H,4,9H2. The SMILES string of the molecule is NCc1cc(Sc2nccs2)ncn1. The molecule has 0 aliphatic carbocycles. The summed E-state index contributed by atoms with van der Waals surface area (Å²) in [6, 6.07) is 1.88. The number of nitrogens with two attached hydrogens (primary N) is 1. The van der Waals surface area contributed by atoms with Crippen LogP contribution in [0.4, 0.5) is 0 Å². The minimum Gasteiger partial charge on any atom is -0.325 e. The minimum atomic E-state index is 0.438. The lowest BCUT2D eigenvalue weighted by molar-refractivity contribution is 0.922. The molecule has 0 bridgehead atoms. The number of nitrogens with zero attached hydrogens (tertiary/aromatic N) is 3. The highest BCUT2D eigenvalue weighted by Crippen LogP contribution is 2.27. The van der Waals surface area contributed by atoms with Gasteiger partial charge in [0.1, 0.15) is 11.4 Å². The first-order valence-electron chi connectivity index (χ1n) is 3.97. The second kappa shape index (κ2) is 4.50. The summed E-state index contributed by atoms with van der Waals surface area (Å²) in [4.78, 5) is 12.3. The van der Waals surface area contributed by atoms with Crippen molar-refractivity contribution in [1.29, 1.82) is 0 Å². The number of aromatic nitrogens is 3. The summed E-state index contributed by atoms with van der Waals surface area (Å²) in [5.74, 6) is 0.